The molecular weight excluding hydrogens is 322 g/mol. The lowest BCUT2D eigenvalue weighted by atomic mass is 9.97. The van der Waals surface area contributed by atoms with Crippen LogP contribution in [0.15, 0.2) is 60.7 Å². The average Bonchev–Trinajstić information content (AvgIpc) is 3.07. The molecule has 0 aromatic heterocycles. The van der Waals surface area contributed by atoms with Gasteiger partial charge in [-0.25, -0.2) is 4.79 Å². The van der Waals surface area contributed by atoms with Gasteiger partial charge < -0.3 is 9.84 Å². The lowest BCUT2D eigenvalue weighted by Crippen LogP contribution is -2.40. The van der Waals surface area contributed by atoms with Crippen molar-refractivity contribution in [2.24, 2.45) is 0 Å². The predicted molar refractivity (Wildman–Crippen MR) is 96.1 cm³/mol. The van der Waals surface area contributed by atoms with Gasteiger partial charge in [0.1, 0.15) is 12.6 Å². The molecule has 3 rings (SSSR count). The Bertz CT molecular complexity index is 705. The molecule has 0 aliphatic carbocycles. The fourth-order valence-electron chi connectivity index (χ4n) is 3.04. The van der Waals surface area contributed by atoms with Gasteiger partial charge in [0.15, 0.2) is 5.05 Å². The molecule has 4 nitrogen and oxygen atoms in total. The third kappa shape index (κ3) is 3.74. The van der Waals surface area contributed by atoms with Gasteiger partial charge in [-0.2, -0.15) is 0 Å². The van der Waals surface area contributed by atoms with E-state index in [1.165, 1.54) is 4.90 Å². The number of ether oxygens (including phenoxy) is 1. The first-order valence-electron chi connectivity index (χ1n) is 7.90. The standard InChI is InChI=1S/C19H19NO3S/c21-18(24)17-11-16(15-9-5-2-6-10-15)12-20(17)19(22)23-13-14-7-3-1-4-8-14/h1-10,16-17H,11-13H2,(H,21,24)/t16-,17+/m1/s1. The molecule has 1 saturated heterocycles. The zero-order chi connectivity index (χ0) is 16.9. The van der Waals surface area contributed by atoms with Crippen molar-refractivity contribution in [2.45, 2.75) is 25.0 Å². The van der Waals surface area contributed by atoms with Crippen molar-refractivity contribution >= 4 is 23.4 Å². The van der Waals surface area contributed by atoms with Gasteiger partial charge in [0.25, 0.3) is 0 Å². The topological polar surface area (TPSA) is 49.8 Å². The number of likely N-dealkylation sites (tertiary alicyclic amines) is 1. The van der Waals surface area contributed by atoms with Crippen molar-refractivity contribution in [1.29, 1.82) is 0 Å². The Labute approximate surface area is 146 Å². The molecule has 1 N–H and O–H groups in total. The molecule has 1 amide bonds. The molecule has 0 saturated carbocycles. The van der Waals surface area contributed by atoms with Gasteiger partial charge in [-0.15, -0.1) is 0 Å². The van der Waals surface area contributed by atoms with Gasteiger partial charge in [-0.3, -0.25) is 4.90 Å². The molecule has 1 fully saturated rings. The molecular formula is C19H19NO3S. The molecule has 2 aromatic rings. The van der Waals surface area contributed by atoms with Gasteiger partial charge in [0.2, 0.25) is 0 Å². The number of amides is 1. The number of thiocarbonyl (C=S) groups is 1. The lowest BCUT2D eigenvalue weighted by molar-refractivity contribution is 0.0975. The maximum absolute atomic E-state index is 12.4. The van der Waals surface area contributed by atoms with Crippen LogP contribution in [0.25, 0.3) is 0 Å². The zero-order valence-corrected chi connectivity index (χ0v) is 14.0. The zero-order valence-electron chi connectivity index (χ0n) is 13.2. The molecule has 1 aliphatic rings. The van der Waals surface area contributed by atoms with E-state index < -0.39 is 12.1 Å². The second kappa shape index (κ2) is 7.45. The van der Waals surface area contributed by atoms with Gasteiger partial charge >= 0.3 is 6.09 Å². The number of hydrogen-bond acceptors (Lipinski definition) is 3. The highest BCUT2D eigenvalue weighted by atomic mass is 32.1. The fraction of sp³-hybridized carbons (Fsp3) is 0.263. The van der Waals surface area contributed by atoms with Crippen LogP contribution in [0.1, 0.15) is 23.5 Å². The Morgan fingerprint density at radius 3 is 2.38 bits per heavy atom. The van der Waals surface area contributed by atoms with E-state index in [1.54, 1.807) is 0 Å². The highest BCUT2D eigenvalue weighted by Crippen LogP contribution is 2.32. The Morgan fingerprint density at radius 2 is 1.75 bits per heavy atom. The third-order valence-electron chi connectivity index (χ3n) is 4.30. The number of carbonyl (C=O) groups is 1. The van der Waals surface area contributed by atoms with Gasteiger partial charge in [-0.1, -0.05) is 60.7 Å². The summed E-state index contributed by atoms with van der Waals surface area (Å²) in [5.74, 6) is 0.144. The van der Waals surface area contributed by atoms with Crippen LogP contribution in [0.2, 0.25) is 0 Å². The second-order valence-electron chi connectivity index (χ2n) is 5.89. The van der Waals surface area contributed by atoms with E-state index in [4.69, 9.17) is 17.0 Å². The van der Waals surface area contributed by atoms with Crippen LogP contribution in [0.3, 0.4) is 0 Å². The maximum Gasteiger partial charge on any atom is 0.410 e. The Balaban J connectivity index is 1.68. The minimum absolute atomic E-state index is 0.144. The first-order chi connectivity index (χ1) is 11.6. The minimum atomic E-state index is -0.478. The molecule has 1 heterocycles. The highest BCUT2D eigenvalue weighted by molar-refractivity contribution is 7.80. The van der Waals surface area contributed by atoms with Crippen LogP contribution in [0, 0.1) is 0 Å². The number of aliphatic hydroxyl groups excluding tert-OH is 1. The summed E-state index contributed by atoms with van der Waals surface area (Å²) >= 11 is 4.94. The maximum atomic E-state index is 12.4. The molecule has 0 radical (unpaired) electrons. The summed E-state index contributed by atoms with van der Waals surface area (Å²) < 4.78 is 5.39. The molecule has 0 unspecified atom stereocenters. The monoisotopic (exact) mass is 341 g/mol. The van der Waals surface area contributed by atoms with Gasteiger partial charge in [0, 0.05) is 12.5 Å². The number of benzene rings is 2. The van der Waals surface area contributed by atoms with E-state index in [1.807, 2.05) is 60.7 Å². The largest absolute Gasteiger partial charge is 0.500 e. The smallest absolute Gasteiger partial charge is 0.410 e. The number of hydrogen-bond donors (Lipinski definition) is 1. The fourth-order valence-corrected chi connectivity index (χ4v) is 3.26. The van der Waals surface area contributed by atoms with Crippen molar-refractivity contribution in [1.82, 2.24) is 4.90 Å². The summed E-state index contributed by atoms with van der Waals surface area (Å²) in [4.78, 5) is 14.0. The summed E-state index contributed by atoms with van der Waals surface area (Å²) in [6.07, 6.45) is 0.165. The first-order valence-corrected chi connectivity index (χ1v) is 8.31. The van der Waals surface area contributed by atoms with Gasteiger partial charge in [-0.05, 0) is 29.8 Å². The number of aliphatic hydroxyl groups is 1. The van der Waals surface area contributed by atoms with Crippen LogP contribution < -0.4 is 0 Å². The van der Waals surface area contributed by atoms with Gasteiger partial charge in [0.05, 0.1) is 0 Å². The molecule has 2 aromatic carbocycles. The summed E-state index contributed by atoms with van der Waals surface area (Å²) in [6.45, 7) is 0.695. The third-order valence-corrected chi connectivity index (χ3v) is 4.57. The van der Waals surface area contributed by atoms with E-state index in [-0.39, 0.29) is 17.6 Å². The average molecular weight is 341 g/mol. The summed E-state index contributed by atoms with van der Waals surface area (Å²) in [7, 11) is 0. The number of rotatable bonds is 4. The molecule has 2 atom stereocenters. The van der Waals surface area contributed by atoms with Crippen molar-refractivity contribution in [3.8, 4) is 0 Å². The number of carbonyl (C=O) groups excluding carboxylic acids is 1. The number of nitrogens with zero attached hydrogens (tertiary/aromatic N) is 1. The Kier molecular flexibility index (Phi) is 5.11. The van der Waals surface area contributed by atoms with Crippen molar-refractivity contribution in [3.63, 3.8) is 0 Å². The minimum Gasteiger partial charge on any atom is -0.500 e. The second-order valence-corrected chi connectivity index (χ2v) is 6.31. The van der Waals surface area contributed by atoms with Crippen molar-refractivity contribution in [2.75, 3.05) is 6.54 Å². The molecule has 0 bridgehead atoms. The van der Waals surface area contributed by atoms with Crippen LogP contribution >= 0.6 is 12.2 Å². The van der Waals surface area contributed by atoms with E-state index >= 15 is 0 Å². The van der Waals surface area contributed by atoms with Crippen LogP contribution in [-0.2, 0) is 11.3 Å². The quantitative estimate of drug-likeness (QED) is 0.852. The first kappa shape index (κ1) is 16.5. The molecule has 24 heavy (non-hydrogen) atoms. The van der Waals surface area contributed by atoms with Crippen LogP contribution in [0.5, 0.6) is 0 Å². The normalized spacial score (nSPS) is 19.9. The lowest BCUT2D eigenvalue weighted by Gasteiger charge is -2.22. The Morgan fingerprint density at radius 1 is 1.12 bits per heavy atom. The summed E-state index contributed by atoms with van der Waals surface area (Å²) in [5.41, 5.74) is 2.06. The predicted octanol–water partition coefficient (Wildman–Crippen LogP) is 4.07. The van der Waals surface area contributed by atoms with E-state index in [2.05, 4.69) is 0 Å². The van der Waals surface area contributed by atoms with Crippen LogP contribution in [-0.4, -0.2) is 33.7 Å². The molecule has 5 heteroatoms. The van der Waals surface area contributed by atoms with E-state index in [9.17, 15) is 9.90 Å². The molecule has 124 valence electrons. The van der Waals surface area contributed by atoms with E-state index in [0.717, 1.165) is 11.1 Å². The SMILES string of the molecule is O=C(OCc1ccccc1)N1C[C@H](c2ccccc2)C[C@H]1C(O)=S. The summed E-state index contributed by atoms with van der Waals surface area (Å²) in [6, 6.07) is 19.0. The Hall–Kier alpha value is -2.40. The molecule has 1 aliphatic heterocycles. The van der Waals surface area contributed by atoms with Crippen molar-refractivity contribution < 1.29 is 14.6 Å². The molecule has 0 spiro atoms. The van der Waals surface area contributed by atoms with E-state index in [0.29, 0.717) is 13.0 Å². The summed E-state index contributed by atoms with van der Waals surface area (Å²) in [5, 5.41) is 9.64. The highest BCUT2D eigenvalue weighted by Gasteiger charge is 2.39. The van der Waals surface area contributed by atoms with Crippen molar-refractivity contribution in [3.05, 3.63) is 71.8 Å². The van der Waals surface area contributed by atoms with Crippen LogP contribution in [0.4, 0.5) is 4.79 Å².